The van der Waals surface area contributed by atoms with Gasteiger partial charge in [-0.2, -0.15) is 0 Å². The van der Waals surface area contributed by atoms with E-state index in [1.807, 2.05) is 19.9 Å². The topological polar surface area (TPSA) is 175 Å². The fourth-order valence-corrected chi connectivity index (χ4v) is 9.05. The number of likely N-dealkylation sites (N-methyl/N-ethyl adjacent to an activating group) is 1. The first-order valence-corrected chi connectivity index (χ1v) is 17.5. The molecule has 1 aromatic rings. The molecule has 4 rings (SSSR count). The number of rotatable bonds is 9. The molecule has 2 bridgehead atoms. The summed E-state index contributed by atoms with van der Waals surface area (Å²) in [5, 5.41) is 24.0. The van der Waals surface area contributed by atoms with E-state index in [1.165, 1.54) is 27.7 Å². The predicted molar refractivity (Wildman–Crippen MR) is 187 cm³/mol. The average Bonchev–Trinajstić information content (AvgIpc) is 3.02. The van der Waals surface area contributed by atoms with Crippen molar-refractivity contribution in [3.63, 3.8) is 0 Å². The van der Waals surface area contributed by atoms with E-state index in [-0.39, 0.29) is 18.4 Å². The van der Waals surface area contributed by atoms with Crippen LogP contribution < -0.4 is 0 Å². The number of esters is 5. The van der Waals surface area contributed by atoms with Crippen LogP contribution in [0.4, 0.5) is 0 Å². The number of hydrogen-bond donors (Lipinski definition) is 2. The van der Waals surface area contributed by atoms with Crippen molar-refractivity contribution in [2.75, 3.05) is 14.1 Å². The second kappa shape index (κ2) is 15.5. The number of nitrogens with zero attached hydrogens (tertiary/aromatic N) is 1. The number of fused-ring (bicyclic) bond motifs is 3. The first-order valence-electron chi connectivity index (χ1n) is 17.5. The molecule has 3 aliphatic rings. The Morgan fingerprint density at radius 1 is 0.827 bits per heavy atom. The number of ether oxygens (including phenoxy) is 5. The Kier molecular flexibility index (Phi) is 12.1. The molecular formula is C39H53NO12. The van der Waals surface area contributed by atoms with Crippen molar-refractivity contribution in [2.45, 2.75) is 117 Å². The summed E-state index contributed by atoms with van der Waals surface area (Å²) >= 11 is 0. The summed E-state index contributed by atoms with van der Waals surface area (Å²) in [6.07, 6.45) is -8.87. The van der Waals surface area contributed by atoms with E-state index in [4.69, 9.17) is 23.7 Å². The molecule has 0 aromatic heterocycles. The van der Waals surface area contributed by atoms with Gasteiger partial charge in [0.1, 0.15) is 18.3 Å². The minimum absolute atomic E-state index is 0.164. The van der Waals surface area contributed by atoms with Gasteiger partial charge in [0.15, 0.2) is 18.3 Å². The predicted octanol–water partition coefficient (Wildman–Crippen LogP) is 3.61. The Hall–Kier alpha value is -4.07. The van der Waals surface area contributed by atoms with Crippen LogP contribution in [0.15, 0.2) is 53.6 Å². The molecule has 0 heterocycles. The van der Waals surface area contributed by atoms with E-state index in [9.17, 15) is 34.2 Å². The molecule has 52 heavy (non-hydrogen) atoms. The molecule has 11 atom stereocenters. The van der Waals surface area contributed by atoms with Gasteiger partial charge in [-0.25, -0.2) is 4.79 Å². The second-order valence-electron chi connectivity index (χ2n) is 15.3. The molecule has 2 N–H and O–H groups in total. The van der Waals surface area contributed by atoms with E-state index in [0.29, 0.717) is 16.7 Å². The third-order valence-electron chi connectivity index (χ3n) is 11.2. The van der Waals surface area contributed by atoms with Crippen LogP contribution in [0, 0.1) is 22.7 Å². The zero-order valence-corrected chi connectivity index (χ0v) is 31.7. The van der Waals surface area contributed by atoms with Gasteiger partial charge in [0.05, 0.1) is 17.6 Å². The van der Waals surface area contributed by atoms with Gasteiger partial charge in [0, 0.05) is 40.0 Å². The Balaban J connectivity index is 1.93. The molecule has 0 spiro atoms. The summed E-state index contributed by atoms with van der Waals surface area (Å²) in [6.45, 7) is 16.3. The zero-order valence-electron chi connectivity index (χ0n) is 31.7. The Bertz CT molecular complexity index is 1600. The maximum absolute atomic E-state index is 13.8. The lowest BCUT2D eigenvalue weighted by molar-refractivity contribution is -0.226. The van der Waals surface area contributed by atoms with Crippen molar-refractivity contribution in [3.05, 3.63) is 59.2 Å². The second-order valence-corrected chi connectivity index (χ2v) is 15.3. The van der Waals surface area contributed by atoms with E-state index < -0.39 is 101 Å². The third kappa shape index (κ3) is 7.67. The van der Waals surface area contributed by atoms with Crippen molar-refractivity contribution in [3.8, 4) is 0 Å². The molecule has 3 aliphatic carbocycles. The molecule has 13 heteroatoms. The highest BCUT2D eigenvalue weighted by atomic mass is 16.6. The standard InChI is InChI=1S/C39H53NO12/c1-19-28(52-37(47)34(46)32(40(10)11)25-15-13-12-14-16-25)18-29(49-22(4)42)39(9)30(19)33(45)26-17-27(48-21(3)41)20(2)31(38(26,7)8)35(50-23(5)43)36(39)51-24(6)44/h12-16,26-30,32-36,45-46H,1,17-18H2,2-11H3/t26-,27-,28-,29-,30-,32-,33+,34+,35+,36-,39+/m0/s1. The van der Waals surface area contributed by atoms with Crippen LogP contribution in [0.1, 0.15) is 79.8 Å². The number of aliphatic hydroxyl groups is 2. The van der Waals surface area contributed by atoms with Crippen LogP contribution in [-0.2, 0) is 47.7 Å². The summed E-state index contributed by atoms with van der Waals surface area (Å²) in [4.78, 5) is 66.4. The highest BCUT2D eigenvalue weighted by Gasteiger charge is 2.67. The summed E-state index contributed by atoms with van der Waals surface area (Å²) in [5.74, 6) is -5.48. The zero-order chi connectivity index (χ0) is 39.0. The summed E-state index contributed by atoms with van der Waals surface area (Å²) in [5.41, 5.74) is -0.529. The Morgan fingerprint density at radius 2 is 1.38 bits per heavy atom. The van der Waals surface area contributed by atoms with Crippen molar-refractivity contribution in [1.82, 2.24) is 4.90 Å². The molecule has 0 aliphatic heterocycles. The number of aliphatic hydroxyl groups excluding tert-OH is 2. The SMILES string of the molecule is C=C1[C@@H](OC(=O)[C@H](O)[C@H](c2ccccc2)N(C)C)C[C@H](OC(C)=O)[C@@]2(C)[C@@H](OC(C)=O)[C@H](OC(C)=O)C3=C(C)[C@@H](OC(C)=O)C[C@@H]([C@@H](O)[C@H]12)C3(C)C. The molecule has 13 nitrogen and oxygen atoms in total. The lowest BCUT2D eigenvalue weighted by atomic mass is 9.48. The fraction of sp³-hybridized carbons (Fsp3) is 0.615. The van der Waals surface area contributed by atoms with Gasteiger partial charge in [-0.1, -0.05) is 57.7 Å². The fourth-order valence-electron chi connectivity index (χ4n) is 9.05. The highest BCUT2D eigenvalue weighted by molar-refractivity contribution is 5.76. The van der Waals surface area contributed by atoms with Crippen LogP contribution in [0.3, 0.4) is 0 Å². The van der Waals surface area contributed by atoms with Crippen molar-refractivity contribution in [2.24, 2.45) is 22.7 Å². The molecule has 0 saturated heterocycles. The molecule has 0 unspecified atom stereocenters. The number of carbonyl (C=O) groups is 5. The van der Waals surface area contributed by atoms with Crippen molar-refractivity contribution >= 4 is 29.8 Å². The van der Waals surface area contributed by atoms with Gasteiger partial charge in [-0.15, -0.1) is 0 Å². The van der Waals surface area contributed by atoms with Crippen LogP contribution in [-0.4, -0.2) is 102 Å². The normalized spacial score (nSPS) is 32.3. The van der Waals surface area contributed by atoms with Crippen LogP contribution in [0.25, 0.3) is 0 Å². The van der Waals surface area contributed by atoms with Crippen LogP contribution in [0.2, 0.25) is 0 Å². The van der Waals surface area contributed by atoms with E-state index in [1.54, 1.807) is 57.1 Å². The van der Waals surface area contributed by atoms with Gasteiger partial charge in [0.25, 0.3) is 0 Å². The van der Waals surface area contributed by atoms with Crippen molar-refractivity contribution in [1.29, 1.82) is 0 Å². The summed E-state index contributed by atoms with van der Waals surface area (Å²) < 4.78 is 29.8. The monoisotopic (exact) mass is 727 g/mol. The van der Waals surface area contributed by atoms with Gasteiger partial charge in [-0.05, 0) is 61.1 Å². The number of benzene rings is 1. The van der Waals surface area contributed by atoms with Crippen LogP contribution >= 0.6 is 0 Å². The molecule has 1 aromatic carbocycles. The highest BCUT2D eigenvalue weighted by Crippen LogP contribution is 2.61. The Morgan fingerprint density at radius 3 is 1.90 bits per heavy atom. The molecule has 0 amide bonds. The first-order chi connectivity index (χ1) is 24.1. The molecule has 286 valence electrons. The smallest absolute Gasteiger partial charge is 0.337 e. The summed E-state index contributed by atoms with van der Waals surface area (Å²) in [6, 6.07) is 8.17. The largest absolute Gasteiger partial charge is 0.462 e. The lowest BCUT2D eigenvalue weighted by Gasteiger charge is -2.61. The first kappa shape index (κ1) is 40.7. The van der Waals surface area contributed by atoms with Gasteiger partial charge in [0.2, 0.25) is 0 Å². The summed E-state index contributed by atoms with van der Waals surface area (Å²) in [7, 11) is 3.43. The van der Waals surface area contributed by atoms with E-state index >= 15 is 0 Å². The average molecular weight is 728 g/mol. The molecular weight excluding hydrogens is 674 g/mol. The number of carbonyl (C=O) groups excluding carboxylic acids is 5. The maximum atomic E-state index is 13.8. The molecule has 0 radical (unpaired) electrons. The Labute approximate surface area is 305 Å². The van der Waals surface area contributed by atoms with E-state index in [2.05, 4.69) is 6.58 Å². The molecule has 2 saturated carbocycles. The minimum atomic E-state index is -1.65. The minimum Gasteiger partial charge on any atom is -0.462 e. The number of hydrogen-bond acceptors (Lipinski definition) is 13. The lowest BCUT2D eigenvalue weighted by Crippen LogP contribution is -2.68. The van der Waals surface area contributed by atoms with Crippen molar-refractivity contribution < 1.29 is 57.9 Å². The third-order valence-corrected chi connectivity index (χ3v) is 11.2. The quantitative estimate of drug-likeness (QED) is 0.215. The van der Waals surface area contributed by atoms with E-state index in [0.717, 1.165) is 0 Å². The molecule has 2 fully saturated rings. The van der Waals surface area contributed by atoms with Crippen LogP contribution in [0.5, 0.6) is 0 Å². The maximum Gasteiger partial charge on any atom is 0.337 e. The van der Waals surface area contributed by atoms with Gasteiger partial charge >= 0.3 is 29.8 Å². The van der Waals surface area contributed by atoms with Gasteiger partial charge in [-0.3, -0.25) is 24.1 Å². The van der Waals surface area contributed by atoms with Gasteiger partial charge < -0.3 is 33.9 Å².